The van der Waals surface area contributed by atoms with Crippen LogP contribution in [0.25, 0.3) is 6.08 Å². The van der Waals surface area contributed by atoms with E-state index >= 15 is 0 Å². The van der Waals surface area contributed by atoms with E-state index in [1.54, 1.807) is 0 Å². The van der Waals surface area contributed by atoms with E-state index in [0.29, 0.717) is 24.4 Å². The molecule has 0 aromatic heterocycles. The van der Waals surface area contributed by atoms with Gasteiger partial charge in [0.25, 0.3) is 0 Å². The smallest absolute Gasteiger partial charge is 0.235 e. The zero-order chi connectivity index (χ0) is 10.7. The van der Waals surface area contributed by atoms with E-state index in [9.17, 15) is 18.9 Å². The highest BCUT2D eigenvalue weighted by atomic mass is 19.1. The average molecular weight is 201 g/mol. The fraction of sp³-hybridized carbons (Fsp3) is 0. The first-order chi connectivity index (χ1) is 6.50. The lowest BCUT2D eigenvalue weighted by Crippen LogP contribution is -1.90. The number of aromatic hydroxyl groups is 1. The highest BCUT2D eigenvalue weighted by Gasteiger charge is 2.08. The van der Waals surface area contributed by atoms with E-state index in [0.717, 1.165) is 0 Å². The van der Waals surface area contributed by atoms with Crippen molar-refractivity contribution >= 4 is 6.08 Å². The Bertz CT molecular complexity index is 381. The maximum absolute atomic E-state index is 12.9. The number of nitro groups is 1. The minimum absolute atomic E-state index is 0.415. The Balaban J connectivity index is 3.15. The summed E-state index contributed by atoms with van der Waals surface area (Å²) >= 11 is 0. The Morgan fingerprint density at radius 2 is 1.86 bits per heavy atom. The molecule has 0 aliphatic rings. The monoisotopic (exact) mass is 201 g/mol. The van der Waals surface area contributed by atoms with Crippen LogP contribution >= 0.6 is 0 Å². The second-order valence-electron chi connectivity index (χ2n) is 2.42. The van der Waals surface area contributed by atoms with Gasteiger partial charge in [-0.3, -0.25) is 10.1 Å². The lowest BCUT2D eigenvalue weighted by atomic mass is 10.2. The molecule has 0 bridgehead atoms. The maximum Gasteiger partial charge on any atom is 0.235 e. The van der Waals surface area contributed by atoms with Crippen LogP contribution in [0.3, 0.4) is 0 Å². The van der Waals surface area contributed by atoms with Gasteiger partial charge >= 0.3 is 0 Å². The van der Waals surface area contributed by atoms with Crippen molar-refractivity contribution in [1.82, 2.24) is 0 Å². The molecule has 0 spiro atoms. The van der Waals surface area contributed by atoms with E-state index < -0.39 is 27.9 Å². The van der Waals surface area contributed by atoms with Crippen molar-refractivity contribution in [3.05, 3.63) is 45.6 Å². The number of rotatable bonds is 2. The van der Waals surface area contributed by atoms with Gasteiger partial charge in [0.05, 0.1) is 10.5 Å². The predicted octanol–water partition coefficient (Wildman–Crippen LogP) is 1.92. The van der Waals surface area contributed by atoms with Gasteiger partial charge in [-0.2, -0.15) is 0 Å². The summed E-state index contributed by atoms with van der Waals surface area (Å²) in [5, 5.41) is 18.6. The highest BCUT2D eigenvalue weighted by Crippen LogP contribution is 2.20. The van der Waals surface area contributed by atoms with Crippen LogP contribution in [0.1, 0.15) is 5.56 Å². The Kier molecular flexibility index (Phi) is 2.76. The van der Waals surface area contributed by atoms with E-state index in [1.165, 1.54) is 0 Å². The van der Waals surface area contributed by atoms with Crippen LogP contribution in [0.4, 0.5) is 8.78 Å². The molecule has 0 saturated carbocycles. The third-order valence-electron chi connectivity index (χ3n) is 1.43. The van der Waals surface area contributed by atoms with Gasteiger partial charge < -0.3 is 5.11 Å². The van der Waals surface area contributed by atoms with Gasteiger partial charge in [-0.1, -0.05) is 0 Å². The fourth-order valence-electron chi connectivity index (χ4n) is 0.866. The van der Waals surface area contributed by atoms with Crippen molar-refractivity contribution in [3.8, 4) is 5.75 Å². The molecule has 0 saturated heterocycles. The molecule has 1 aromatic rings. The average Bonchev–Trinajstić information content (AvgIpc) is 2.01. The van der Waals surface area contributed by atoms with Crippen LogP contribution < -0.4 is 0 Å². The molecule has 0 radical (unpaired) electrons. The molecular formula is C8H5F2NO3. The number of hydrogen-bond donors (Lipinski definition) is 1. The fourth-order valence-corrected chi connectivity index (χ4v) is 0.866. The van der Waals surface area contributed by atoms with Crippen LogP contribution in [0.15, 0.2) is 18.3 Å². The van der Waals surface area contributed by atoms with E-state index in [4.69, 9.17) is 5.11 Å². The summed E-state index contributed by atoms with van der Waals surface area (Å²) in [6.07, 6.45) is 1.10. The molecule has 6 heteroatoms. The number of benzene rings is 1. The summed E-state index contributed by atoms with van der Waals surface area (Å²) in [5.41, 5.74) is -0.556. The lowest BCUT2D eigenvalue weighted by molar-refractivity contribution is -0.401. The first-order valence-corrected chi connectivity index (χ1v) is 3.50. The Hall–Kier alpha value is -1.98. The number of phenols is 1. The lowest BCUT2D eigenvalue weighted by Gasteiger charge is -1.98. The van der Waals surface area contributed by atoms with Crippen LogP contribution in [0.2, 0.25) is 0 Å². The Morgan fingerprint density at radius 3 is 2.29 bits per heavy atom. The molecule has 4 nitrogen and oxygen atoms in total. The molecule has 0 unspecified atom stereocenters. The van der Waals surface area contributed by atoms with Crippen LogP contribution in [0.5, 0.6) is 5.75 Å². The molecule has 1 rings (SSSR count). The Morgan fingerprint density at radius 1 is 1.36 bits per heavy atom. The zero-order valence-electron chi connectivity index (χ0n) is 6.78. The van der Waals surface area contributed by atoms with Crippen molar-refractivity contribution in [3.63, 3.8) is 0 Å². The summed E-state index contributed by atoms with van der Waals surface area (Å²) in [5.74, 6) is -2.68. The Labute approximate surface area is 77.2 Å². The van der Waals surface area contributed by atoms with Crippen molar-refractivity contribution in [2.75, 3.05) is 0 Å². The van der Waals surface area contributed by atoms with Crippen molar-refractivity contribution in [1.29, 1.82) is 0 Å². The van der Waals surface area contributed by atoms with Crippen LogP contribution in [0, 0.1) is 21.7 Å². The van der Waals surface area contributed by atoms with E-state index in [1.807, 2.05) is 0 Å². The third kappa shape index (κ3) is 2.25. The topological polar surface area (TPSA) is 63.4 Å². The summed E-state index contributed by atoms with van der Waals surface area (Å²) in [6.45, 7) is 0. The second kappa shape index (κ2) is 3.82. The van der Waals surface area contributed by atoms with Gasteiger partial charge in [-0.05, 0) is 0 Å². The quantitative estimate of drug-likeness (QED) is 0.587. The first kappa shape index (κ1) is 10.1. The molecule has 74 valence electrons. The highest BCUT2D eigenvalue weighted by molar-refractivity contribution is 5.51. The van der Waals surface area contributed by atoms with Crippen LogP contribution in [-0.4, -0.2) is 10.0 Å². The molecule has 1 N–H and O–H groups in total. The minimum atomic E-state index is -1.06. The molecule has 1 aromatic carbocycles. The molecule has 0 aliphatic heterocycles. The minimum Gasteiger partial charge on any atom is -0.508 e. The summed E-state index contributed by atoms with van der Waals surface area (Å²) in [4.78, 5) is 9.05. The van der Waals surface area contributed by atoms with Crippen molar-refractivity contribution in [2.24, 2.45) is 0 Å². The maximum atomic E-state index is 12.9. The van der Waals surface area contributed by atoms with Crippen LogP contribution in [-0.2, 0) is 0 Å². The number of halogens is 2. The second-order valence-corrected chi connectivity index (χ2v) is 2.42. The predicted molar refractivity (Wildman–Crippen MR) is 44.1 cm³/mol. The molecular weight excluding hydrogens is 196 g/mol. The normalized spacial score (nSPS) is 10.7. The SMILES string of the molecule is O=[N+]([O-])/C=C/c1c(F)cc(O)cc1F. The van der Waals surface area contributed by atoms with Gasteiger partial charge in [0, 0.05) is 18.2 Å². The van der Waals surface area contributed by atoms with Crippen molar-refractivity contribution < 1.29 is 18.8 Å². The number of nitrogens with zero attached hydrogens (tertiary/aromatic N) is 1. The molecule has 0 fully saturated rings. The van der Waals surface area contributed by atoms with Gasteiger partial charge in [0.15, 0.2) is 0 Å². The number of phenolic OH excluding ortho intramolecular Hbond substituents is 1. The largest absolute Gasteiger partial charge is 0.508 e. The first-order valence-electron chi connectivity index (χ1n) is 3.50. The molecule has 14 heavy (non-hydrogen) atoms. The van der Waals surface area contributed by atoms with E-state index in [-0.39, 0.29) is 0 Å². The molecule has 0 aliphatic carbocycles. The summed E-state index contributed by atoms with van der Waals surface area (Å²) in [7, 11) is 0. The van der Waals surface area contributed by atoms with Gasteiger partial charge in [0.1, 0.15) is 17.4 Å². The summed E-state index contributed by atoms with van der Waals surface area (Å²) < 4.78 is 25.8. The van der Waals surface area contributed by atoms with Gasteiger partial charge in [-0.25, -0.2) is 8.78 Å². The van der Waals surface area contributed by atoms with Gasteiger partial charge in [-0.15, -0.1) is 0 Å². The standard InChI is InChI=1S/C8H5F2NO3/c9-7-3-5(12)4-8(10)6(7)1-2-11(13)14/h1-4,12H/b2-1+. The third-order valence-corrected chi connectivity index (χ3v) is 1.43. The molecule has 0 atom stereocenters. The van der Waals surface area contributed by atoms with Gasteiger partial charge in [0.2, 0.25) is 6.20 Å². The summed E-state index contributed by atoms with van der Waals surface area (Å²) in [6, 6.07) is 1.34. The number of hydrogen-bond acceptors (Lipinski definition) is 3. The molecule has 0 heterocycles. The van der Waals surface area contributed by atoms with Crippen molar-refractivity contribution in [2.45, 2.75) is 0 Å². The zero-order valence-corrected chi connectivity index (χ0v) is 6.78. The molecule has 0 amide bonds. The van der Waals surface area contributed by atoms with E-state index in [2.05, 4.69) is 0 Å².